The Morgan fingerprint density at radius 2 is 1.47 bits per heavy atom. The van der Waals surface area contributed by atoms with Crippen molar-refractivity contribution in [2.45, 2.75) is 6.18 Å². The van der Waals surface area contributed by atoms with Crippen LogP contribution in [0.5, 0.6) is 0 Å². The first-order chi connectivity index (χ1) is 18.2. The first-order valence-corrected chi connectivity index (χ1v) is 11.2. The van der Waals surface area contributed by atoms with E-state index in [0.29, 0.717) is 22.8 Å². The second kappa shape index (κ2) is 9.89. The second-order valence-corrected chi connectivity index (χ2v) is 8.26. The number of carbonyl (C=O) groups excluding carboxylic acids is 1. The number of aromatic nitrogens is 3. The van der Waals surface area contributed by atoms with E-state index in [1.165, 1.54) is 53.5 Å². The molecule has 0 aliphatic rings. The second-order valence-electron chi connectivity index (χ2n) is 8.26. The Morgan fingerprint density at radius 1 is 0.789 bits per heavy atom. The van der Waals surface area contributed by atoms with Gasteiger partial charge in [0.2, 0.25) is 0 Å². The SMILES string of the molecule is O=C(Nc1ccc(-c2ncn(-c3ccc(C(F)(F)F)cc3)n2)cc1)c1ccc(F)c(-c2ccccc2F)c1. The number of hydrogen-bond acceptors (Lipinski definition) is 3. The van der Waals surface area contributed by atoms with Gasteiger partial charge < -0.3 is 5.32 Å². The molecule has 0 aliphatic heterocycles. The van der Waals surface area contributed by atoms with Crippen molar-refractivity contribution >= 4 is 11.6 Å². The van der Waals surface area contributed by atoms with Crippen molar-refractivity contribution in [2.75, 3.05) is 5.32 Å². The van der Waals surface area contributed by atoms with Gasteiger partial charge in [-0.2, -0.15) is 13.2 Å². The van der Waals surface area contributed by atoms with E-state index in [9.17, 15) is 26.7 Å². The van der Waals surface area contributed by atoms with Gasteiger partial charge in [-0.1, -0.05) is 18.2 Å². The van der Waals surface area contributed by atoms with Crippen molar-refractivity contribution in [1.29, 1.82) is 0 Å². The molecule has 0 unspecified atom stereocenters. The first kappa shape index (κ1) is 24.8. The van der Waals surface area contributed by atoms with Gasteiger partial charge in [-0.05, 0) is 72.8 Å². The Morgan fingerprint density at radius 3 is 2.16 bits per heavy atom. The van der Waals surface area contributed by atoms with Gasteiger partial charge in [0.1, 0.15) is 18.0 Å². The number of anilines is 1. The lowest BCUT2D eigenvalue weighted by atomic mass is 10.0. The molecule has 0 bridgehead atoms. The number of halogens is 5. The number of hydrogen-bond donors (Lipinski definition) is 1. The van der Waals surface area contributed by atoms with Crippen LogP contribution in [-0.4, -0.2) is 20.7 Å². The molecule has 0 saturated carbocycles. The summed E-state index contributed by atoms with van der Waals surface area (Å²) in [4.78, 5) is 17.0. The Hall–Kier alpha value is -4.86. The summed E-state index contributed by atoms with van der Waals surface area (Å²) in [5.41, 5.74) is 0.867. The van der Waals surface area contributed by atoms with Crippen LogP contribution in [0.1, 0.15) is 15.9 Å². The van der Waals surface area contributed by atoms with Gasteiger partial charge in [-0.15, -0.1) is 5.10 Å². The summed E-state index contributed by atoms with van der Waals surface area (Å²) in [5, 5.41) is 7.01. The zero-order chi connectivity index (χ0) is 26.9. The van der Waals surface area contributed by atoms with E-state index in [4.69, 9.17) is 0 Å². The summed E-state index contributed by atoms with van der Waals surface area (Å²) in [7, 11) is 0. The molecule has 10 heteroatoms. The van der Waals surface area contributed by atoms with E-state index in [2.05, 4.69) is 15.4 Å². The monoisotopic (exact) mass is 520 g/mol. The molecule has 190 valence electrons. The molecule has 0 atom stereocenters. The predicted octanol–water partition coefficient (Wildman–Crippen LogP) is 7.15. The molecule has 1 aromatic heterocycles. The van der Waals surface area contributed by atoms with Gasteiger partial charge in [0.25, 0.3) is 5.91 Å². The highest BCUT2D eigenvalue weighted by Crippen LogP contribution is 2.30. The fourth-order valence-electron chi connectivity index (χ4n) is 3.78. The fraction of sp³-hybridized carbons (Fsp3) is 0.0357. The first-order valence-electron chi connectivity index (χ1n) is 11.2. The summed E-state index contributed by atoms with van der Waals surface area (Å²) < 4.78 is 68.2. The lowest BCUT2D eigenvalue weighted by Gasteiger charge is -2.09. The van der Waals surface area contributed by atoms with Crippen LogP contribution in [0.25, 0.3) is 28.2 Å². The van der Waals surface area contributed by atoms with Gasteiger partial charge in [-0.25, -0.2) is 18.4 Å². The third kappa shape index (κ3) is 5.15. The lowest BCUT2D eigenvalue weighted by molar-refractivity contribution is -0.137. The number of nitrogens with one attached hydrogen (secondary N) is 1. The summed E-state index contributed by atoms with van der Waals surface area (Å²) in [6.07, 6.45) is -3.04. The Kier molecular flexibility index (Phi) is 6.46. The van der Waals surface area contributed by atoms with Crippen LogP contribution in [0.3, 0.4) is 0 Å². The van der Waals surface area contributed by atoms with E-state index in [1.54, 1.807) is 30.3 Å². The van der Waals surface area contributed by atoms with Crippen LogP contribution in [0.4, 0.5) is 27.6 Å². The number of amides is 1. The number of rotatable bonds is 5. The number of carbonyl (C=O) groups is 1. The van der Waals surface area contributed by atoms with E-state index < -0.39 is 29.3 Å². The average molecular weight is 520 g/mol. The minimum atomic E-state index is -4.43. The molecule has 0 radical (unpaired) electrons. The van der Waals surface area contributed by atoms with Crippen molar-refractivity contribution in [3.63, 3.8) is 0 Å². The maximum Gasteiger partial charge on any atom is 0.416 e. The smallest absolute Gasteiger partial charge is 0.322 e. The van der Waals surface area contributed by atoms with E-state index in [0.717, 1.165) is 18.2 Å². The molecule has 1 heterocycles. The Labute approximate surface area is 213 Å². The van der Waals surface area contributed by atoms with Crippen LogP contribution in [0.15, 0.2) is 97.3 Å². The standard InChI is InChI=1S/C28H17F5N4O/c29-24-4-2-1-3-22(24)23-15-18(7-14-25(23)30)27(38)35-20-10-5-17(6-11-20)26-34-16-37(36-26)21-12-8-19(9-13-21)28(31,32)33/h1-16H,(H,35,38). The van der Waals surface area contributed by atoms with Gasteiger partial charge in [0, 0.05) is 27.9 Å². The molecule has 0 spiro atoms. The molecule has 4 aromatic carbocycles. The van der Waals surface area contributed by atoms with Crippen LogP contribution in [-0.2, 0) is 6.18 Å². The van der Waals surface area contributed by atoms with Crippen molar-refractivity contribution in [3.05, 3.63) is 120 Å². The van der Waals surface area contributed by atoms with Crippen LogP contribution in [0.2, 0.25) is 0 Å². The molecule has 0 aliphatic carbocycles. The third-order valence-electron chi connectivity index (χ3n) is 5.74. The highest BCUT2D eigenvalue weighted by molar-refractivity contribution is 6.05. The summed E-state index contributed by atoms with van der Waals surface area (Å²) in [5.74, 6) is -1.44. The Balaban J connectivity index is 1.30. The number of benzene rings is 4. The summed E-state index contributed by atoms with van der Waals surface area (Å²) >= 11 is 0. The molecule has 5 rings (SSSR count). The number of alkyl halides is 3. The number of nitrogens with zero attached hydrogens (tertiary/aromatic N) is 3. The molecule has 5 nitrogen and oxygen atoms in total. The van der Waals surface area contributed by atoms with Crippen LogP contribution < -0.4 is 5.32 Å². The minimum Gasteiger partial charge on any atom is -0.322 e. The van der Waals surface area contributed by atoms with E-state index in [-0.39, 0.29) is 16.7 Å². The fourth-order valence-corrected chi connectivity index (χ4v) is 3.78. The third-order valence-corrected chi connectivity index (χ3v) is 5.74. The van der Waals surface area contributed by atoms with Crippen LogP contribution in [0, 0.1) is 11.6 Å². The Bertz CT molecular complexity index is 1610. The summed E-state index contributed by atoms with van der Waals surface area (Å²) in [6.45, 7) is 0. The van der Waals surface area contributed by atoms with E-state index >= 15 is 0 Å². The highest BCUT2D eigenvalue weighted by atomic mass is 19.4. The van der Waals surface area contributed by atoms with Crippen molar-refractivity contribution in [2.24, 2.45) is 0 Å². The maximum absolute atomic E-state index is 14.3. The highest BCUT2D eigenvalue weighted by Gasteiger charge is 2.30. The zero-order valence-electron chi connectivity index (χ0n) is 19.4. The molecular formula is C28H17F5N4O. The van der Waals surface area contributed by atoms with Gasteiger partial charge in [-0.3, -0.25) is 4.79 Å². The molecule has 1 N–H and O–H groups in total. The van der Waals surface area contributed by atoms with Crippen molar-refractivity contribution in [3.8, 4) is 28.2 Å². The van der Waals surface area contributed by atoms with Crippen LogP contribution >= 0.6 is 0 Å². The molecule has 0 saturated heterocycles. The summed E-state index contributed by atoms with van der Waals surface area (Å²) in [6, 6.07) is 20.5. The van der Waals surface area contributed by atoms with E-state index in [1.807, 2.05) is 0 Å². The largest absolute Gasteiger partial charge is 0.416 e. The predicted molar refractivity (Wildman–Crippen MR) is 132 cm³/mol. The quantitative estimate of drug-likeness (QED) is 0.251. The van der Waals surface area contributed by atoms with Crippen molar-refractivity contribution < 1.29 is 26.7 Å². The lowest BCUT2D eigenvalue weighted by Crippen LogP contribution is -2.12. The maximum atomic E-state index is 14.3. The zero-order valence-corrected chi connectivity index (χ0v) is 19.4. The van der Waals surface area contributed by atoms with Gasteiger partial charge >= 0.3 is 6.18 Å². The average Bonchev–Trinajstić information content (AvgIpc) is 3.40. The normalized spacial score (nSPS) is 11.4. The molecule has 38 heavy (non-hydrogen) atoms. The molecule has 1 amide bonds. The topological polar surface area (TPSA) is 59.8 Å². The van der Waals surface area contributed by atoms with Crippen molar-refractivity contribution in [1.82, 2.24) is 14.8 Å². The molecular weight excluding hydrogens is 503 g/mol. The molecule has 5 aromatic rings. The van der Waals surface area contributed by atoms with Gasteiger partial charge in [0.15, 0.2) is 5.82 Å². The minimum absolute atomic E-state index is 0.0270. The van der Waals surface area contributed by atoms with Gasteiger partial charge in [0.05, 0.1) is 11.3 Å². The molecule has 0 fully saturated rings.